The first kappa shape index (κ1) is 10.2. The van der Waals surface area contributed by atoms with Crippen LogP contribution < -0.4 is 0 Å². The van der Waals surface area contributed by atoms with E-state index >= 15 is 0 Å². The molecule has 4 rings (SSSR count). The fraction of sp³-hybridized carbons (Fsp3) is 0.800. The predicted octanol–water partition coefficient (Wildman–Crippen LogP) is 3.20. The molecule has 0 amide bonds. The Balaban J connectivity index is 1.54. The van der Waals surface area contributed by atoms with Gasteiger partial charge in [0.05, 0.1) is 12.0 Å². The van der Waals surface area contributed by atoms with Gasteiger partial charge in [0.15, 0.2) is 0 Å². The molecule has 0 aliphatic heterocycles. The lowest BCUT2D eigenvalue weighted by molar-refractivity contribution is 0.292. The Morgan fingerprint density at radius 3 is 2.94 bits per heavy atom. The Bertz CT molecular complexity index is 421. The van der Waals surface area contributed by atoms with Gasteiger partial charge in [0, 0.05) is 12.2 Å². The molecule has 2 heteroatoms. The molecule has 0 radical (unpaired) electrons. The molecule has 0 saturated heterocycles. The summed E-state index contributed by atoms with van der Waals surface area (Å²) in [4.78, 5) is 4.62. The molecule has 3 aliphatic carbocycles. The normalized spacial score (nSPS) is 35.2. The molecule has 1 heterocycles. The molecular weight excluding hydrogens is 208 g/mol. The largest absolute Gasteiger partial charge is 0.334 e. The van der Waals surface area contributed by atoms with Gasteiger partial charge >= 0.3 is 0 Å². The Morgan fingerprint density at radius 1 is 1.18 bits per heavy atom. The van der Waals surface area contributed by atoms with Crippen molar-refractivity contribution in [2.45, 2.75) is 57.9 Å². The molecule has 92 valence electrons. The van der Waals surface area contributed by atoms with Gasteiger partial charge in [0.1, 0.15) is 0 Å². The van der Waals surface area contributed by atoms with E-state index in [0.717, 1.165) is 17.8 Å². The molecule has 0 aromatic carbocycles. The molecule has 3 unspecified atom stereocenters. The van der Waals surface area contributed by atoms with Crippen LogP contribution in [0.25, 0.3) is 0 Å². The van der Waals surface area contributed by atoms with Crippen LogP contribution in [0, 0.1) is 17.8 Å². The Kier molecular flexibility index (Phi) is 2.31. The van der Waals surface area contributed by atoms with Crippen LogP contribution >= 0.6 is 0 Å². The van der Waals surface area contributed by atoms with Crippen molar-refractivity contribution in [3.8, 4) is 0 Å². The van der Waals surface area contributed by atoms with E-state index in [-0.39, 0.29) is 0 Å². The Hall–Kier alpha value is -0.790. The van der Waals surface area contributed by atoms with Gasteiger partial charge < -0.3 is 4.57 Å². The first-order chi connectivity index (χ1) is 8.40. The smallest absolute Gasteiger partial charge is 0.0951 e. The molecule has 2 nitrogen and oxygen atoms in total. The first-order valence-electron chi connectivity index (χ1n) is 7.43. The van der Waals surface area contributed by atoms with Crippen LogP contribution in [0.1, 0.15) is 49.9 Å². The fourth-order valence-corrected chi connectivity index (χ4v) is 4.54. The lowest BCUT2D eigenvalue weighted by Crippen LogP contribution is -2.19. The zero-order valence-corrected chi connectivity index (χ0v) is 10.6. The quantitative estimate of drug-likeness (QED) is 0.763. The molecule has 1 aromatic heterocycles. The number of rotatable bonds is 2. The summed E-state index contributed by atoms with van der Waals surface area (Å²) >= 11 is 0. The van der Waals surface area contributed by atoms with Gasteiger partial charge in [-0.3, -0.25) is 0 Å². The number of aryl methyl sites for hydroxylation is 1. The Labute approximate surface area is 103 Å². The first-order valence-corrected chi connectivity index (χ1v) is 7.43. The summed E-state index contributed by atoms with van der Waals surface area (Å²) in [5, 5.41) is 0. The zero-order chi connectivity index (χ0) is 11.2. The molecule has 2 saturated carbocycles. The Morgan fingerprint density at radius 2 is 2.12 bits per heavy atom. The van der Waals surface area contributed by atoms with Gasteiger partial charge in [-0.05, 0) is 62.7 Å². The molecular formula is C15H22N2. The van der Waals surface area contributed by atoms with Crippen LogP contribution in [-0.4, -0.2) is 9.55 Å². The fourth-order valence-electron chi connectivity index (χ4n) is 4.54. The lowest BCUT2D eigenvalue weighted by Gasteiger charge is -2.23. The van der Waals surface area contributed by atoms with Crippen molar-refractivity contribution in [2.24, 2.45) is 17.8 Å². The monoisotopic (exact) mass is 230 g/mol. The number of hydrogen-bond acceptors (Lipinski definition) is 1. The van der Waals surface area contributed by atoms with Crippen LogP contribution in [-0.2, 0) is 19.4 Å². The number of hydrogen-bond donors (Lipinski definition) is 0. The third kappa shape index (κ3) is 1.64. The highest BCUT2D eigenvalue weighted by Gasteiger charge is 2.39. The summed E-state index contributed by atoms with van der Waals surface area (Å²) in [5.41, 5.74) is 2.97. The zero-order valence-electron chi connectivity index (χ0n) is 10.6. The second-order valence-electron chi connectivity index (χ2n) is 6.43. The maximum atomic E-state index is 4.62. The van der Waals surface area contributed by atoms with Crippen LogP contribution in [0.15, 0.2) is 6.33 Å². The highest BCUT2D eigenvalue weighted by atomic mass is 15.1. The second-order valence-corrected chi connectivity index (χ2v) is 6.43. The predicted molar refractivity (Wildman–Crippen MR) is 67.8 cm³/mol. The highest BCUT2D eigenvalue weighted by molar-refractivity contribution is 5.16. The minimum Gasteiger partial charge on any atom is -0.334 e. The SMILES string of the molecule is c1nc2c(n1CC1CC3CCC1C3)CCCC2. The molecule has 1 aromatic rings. The third-order valence-corrected chi connectivity index (χ3v) is 5.43. The van der Waals surface area contributed by atoms with Gasteiger partial charge in [-0.1, -0.05) is 6.42 Å². The number of fused-ring (bicyclic) bond motifs is 3. The minimum absolute atomic E-state index is 0.967. The summed E-state index contributed by atoms with van der Waals surface area (Å²) in [5.74, 6) is 3.08. The van der Waals surface area contributed by atoms with Crippen LogP contribution in [0.2, 0.25) is 0 Å². The maximum Gasteiger partial charge on any atom is 0.0951 e. The summed E-state index contributed by atoms with van der Waals surface area (Å²) < 4.78 is 2.50. The van der Waals surface area contributed by atoms with Crippen LogP contribution in [0.3, 0.4) is 0 Å². The summed E-state index contributed by atoms with van der Waals surface area (Å²) in [6.45, 7) is 1.27. The third-order valence-electron chi connectivity index (χ3n) is 5.43. The topological polar surface area (TPSA) is 17.8 Å². The van der Waals surface area contributed by atoms with Gasteiger partial charge in [-0.25, -0.2) is 4.98 Å². The van der Waals surface area contributed by atoms with Gasteiger partial charge in [0.2, 0.25) is 0 Å². The van der Waals surface area contributed by atoms with Crippen molar-refractivity contribution in [1.29, 1.82) is 0 Å². The second kappa shape index (κ2) is 3.86. The van der Waals surface area contributed by atoms with E-state index in [1.165, 1.54) is 63.6 Å². The molecule has 2 fully saturated rings. The van der Waals surface area contributed by atoms with Crippen molar-refractivity contribution < 1.29 is 0 Å². The van der Waals surface area contributed by atoms with Crippen molar-refractivity contribution in [1.82, 2.24) is 9.55 Å². The van der Waals surface area contributed by atoms with E-state index in [9.17, 15) is 0 Å². The molecule has 0 spiro atoms. The summed E-state index contributed by atoms with van der Waals surface area (Å²) in [6.07, 6.45) is 13.4. The van der Waals surface area contributed by atoms with E-state index in [2.05, 4.69) is 15.9 Å². The van der Waals surface area contributed by atoms with Gasteiger partial charge in [-0.2, -0.15) is 0 Å². The number of aromatic nitrogens is 2. The molecule has 17 heavy (non-hydrogen) atoms. The highest BCUT2D eigenvalue weighted by Crippen LogP contribution is 2.49. The van der Waals surface area contributed by atoms with Crippen molar-refractivity contribution in [3.63, 3.8) is 0 Å². The van der Waals surface area contributed by atoms with E-state index in [4.69, 9.17) is 0 Å². The van der Waals surface area contributed by atoms with Crippen molar-refractivity contribution >= 4 is 0 Å². The molecule has 3 aliphatic rings. The number of imidazole rings is 1. The molecule has 3 atom stereocenters. The van der Waals surface area contributed by atoms with Gasteiger partial charge in [-0.15, -0.1) is 0 Å². The van der Waals surface area contributed by atoms with Crippen LogP contribution in [0.5, 0.6) is 0 Å². The summed E-state index contributed by atoms with van der Waals surface area (Å²) in [7, 11) is 0. The van der Waals surface area contributed by atoms with E-state index in [1.807, 2.05) is 0 Å². The average Bonchev–Trinajstić information content (AvgIpc) is 3.05. The van der Waals surface area contributed by atoms with E-state index < -0.39 is 0 Å². The van der Waals surface area contributed by atoms with E-state index in [1.54, 1.807) is 5.69 Å². The lowest BCUT2D eigenvalue weighted by atomic mass is 9.88. The molecule has 0 N–H and O–H groups in total. The van der Waals surface area contributed by atoms with Crippen LogP contribution in [0.4, 0.5) is 0 Å². The summed E-state index contributed by atoms with van der Waals surface area (Å²) in [6, 6.07) is 0. The number of nitrogens with zero attached hydrogens (tertiary/aromatic N) is 2. The van der Waals surface area contributed by atoms with Crippen molar-refractivity contribution in [3.05, 3.63) is 17.7 Å². The van der Waals surface area contributed by atoms with Crippen molar-refractivity contribution in [2.75, 3.05) is 0 Å². The molecule has 2 bridgehead atoms. The maximum absolute atomic E-state index is 4.62. The standard InChI is InChI=1S/C15H22N2/c1-2-4-15-14(3-1)16-10-17(15)9-13-8-11-5-6-12(13)7-11/h10-13H,1-9H2. The van der Waals surface area contributed by atoms with Gasteiger partial charge in [0.25, 0.3) is 0 Å². The van der Waals surface area contributed by atoms with E-state index in [0.29, 0.717) is 0 Å². The average molecular weight is 230 g/mol. The minimum atomic E-state index is 0.967.